The molecule has 0 rings (SSSR count). The SMILES string of the molecule is C=CCCCNC(CO)CC(C)C. The molecule has 0 heterocycles. The first-order chi connectivity index (χ1) is 6.20. The van der Waals surface area contributed by atoms with E-state index in [1.807, 2.05) is 6.08 Å². The largest absolute Gasteiger partial charge is 0.395 e. The minimum atomic E-state index is 0.242. The fraction of sp³-hybridized carbons (Fsp3) is 0.818. The molecule has 0 saturated carbocycles. The van der Waals surface area contributed by atoms with E-state index in [2.05, 4.69) is 25.7 Å². The summed E-state index contributed by atoms with van der Waals surface area (Å²) in [5, 5.41) is 12.4. The molecule has 0 bridgehead atoms. The second-order valence-corrected chi connectivity index (χ2v) is 3.89. The van der Waals surface area contributed by atoms with Gasteiger partial charge in [-0.25, -0.2) is 0 Å². The Morgan fingerprint density at radius 1 is 1.46 bits per heavy atom. The highest BCUT2D eigenvalue weighted by Crippen LogP contribution is 2.04. The lowest BCUT2D eigenvalue weighted by molar-refractivity contribution is 0.224. The number of rotatable bonds is 8. The van der Waals surface area contributed by atoms with Crippen LogP contribution < -0.4 is 5.32 Å². The third-order valence-corrected chi connectivity index (χ3v) is 1.99. The fourth-order valence-electron chi connectivity index (χ4n) is 1.34. The van der Waals surface area contributed by atoms with Gasteiger partial charge < -0.3 is 10.4 Å². The summed E-state index contributed by atoms with van der Waals surface area (Å²) in [4.78, 5) is 0. The van der Waals surface area contributed by atoms with Crippen molar-refractivity contribution in [2.75, 3.05) is 13.2 Å². The summed E-state index contributed by atoms with van der Waals surface area (Å²) in [6.45, 7) is 9.24. The van der Waals surface area contributed by atoms with Crippen molar-refractivity contribution in [2.45, 2.75) is 39.2 Å². The Hall–Kier alpha value is -0.340. The first kappa shape index (κ1) is 12.7. The number of aliphatic hydroxyl groups is 1. The van der Waals surface area contributed by atoms with Gasteiger partial charge in [0, 0.05) is 6.04 Å². The Morgan fingerprint density at radius 2 is 2.15 bits per heavy atom. The molecule has 0 aliphatic heterocycles. The Bertz CT molecular complexity index is 123. The van der Waals surface area contributed by atoms with Crippen LogP contribution in [0.15, 0.2) is 12.7 Å². The van der Waals surface area contributed by atoms with Crippen molar-refractivity contribution in [1.29, 1.82) is 0 Å². The van der Waals surface area contributed by atoms with E-state index in [-0.39, 0.29) is 12.6 Å². The number of aliphatic hydroxyl groups excluding tert-OH is 1. The van der Waals surface area contributed by atoms with Crippen molar-refractivity contribution < 1.29 is 5.11 Å². The molecular formula is C11H23NO. The zero-order chi connectivity index (χ0) is 10.1. The van der Waals surface area contributed by atoms with Gasteiger partial charge in [-0.15, -0.1) is 6.58 Å². The van der Waals surface area contributed by atoms with Gasteiger partial charge in [-0.05, 0) is 31.7 Å². The van der Waals surface area contributed by atoms with Crippen LogP contribution in [0.25, 0.3) is 0 Å². The summed E-state index contributed by atoms with van der Waals surface area (Å²) in [5.41, 5.74) is 0. The molecule has 0 saturated heterocycles. The van der Waals surface area contributed by atoms with Crippen LogP contribution in [0, 0.1) is 5.92 Å². The summed E-state index contributed by atoms with van der Waals surface area (Å²) in [6.07, 6.45) is 5.13. The van der Waals surface area contributed by atoms with E-state index in [1.54, 1.807) is 0 Å². The Kier molecular flexibility index (Phi) is 8.05. The molecule has 0 aliphatic carbocycles. The molecule has 0 spiro atoms. The molecule has 1 unspecified atom stereocenters. The van der Waals surface area contributed by atoms with Crippen molar-refractivity contribution in [2.24, 2.45) is 5.92 Å². The van der Waals surface area contributed by atoms with E-state index in [1.165, 1.54) is 0 Å². The van der Waals surface area contributed by atoms with Gasteiger partial charge >= 0.3 is 0 Å². The Morgan fingerprint density at radius 3 is 2.62 bits per heavy atom. The van der Waals surface area contributed by atoms with Gasteiger partial charge in [0.25, 0.3) is 0 Å². The molecule has 0 aromatic carbocycles. The maximum Gasteiger partial charge on any atom is 0.0584 e. The van der Waals surface area contributed by atoms with E-state index in [0.29, 0.717) is 5.92 Å². The quantitative estimate of drug-likeness (QED) is 0.447. The predicted octanol–water partition coefficient (Wildman–Crippen LogP) is 1.95. The zero-order valence-electron chi connectivity index (χ0n) is 8.92. The van der Waals surface area contributed by atoms with Crippen molar-refractivity contribution >= 4 is 0 Å². The number of nitrogens with one attached hydrogen (secondary N) is 1. The first-order valence-electron chi connectivity index (χ1n) is 5.15. The lowest BCUT2D eigenvalue weighted by Crippen LogP contribution is -2.34. The maximum absolute atomic E-state index is 9.05. The van der Waals surface area contributed by atoms with Crippen molar-refractivity contribution in [1.82, 2.24) is 5.32 Å². The van der Waals surface area contributed by atoms with E-state index in [0.717, 1.165) is 25.8 Å². The van der Waals surface area contributed by atoms with Crippen LogP contribution in [-0.2, 0) is 0 Å². The third kappa shape index (κ3) is 8.00. The minimum Gasteiger partial charge on any atom is -0.395 e. The highest BCUT2D eigenvalue weighted by molar-refractivity contribution is 4.70. The topological polar surface area (TPSA) is 32.3 Å². The van der Waals surface area contributed by atoms with Crippen LogP contribution in [0.3, 0.4) is 0 Å². The Labute approximate surface area is 82.0 Å². The molecular weight excluding hydrogens is 162 g/mol. The summed E-state index contributed by atoms with van der Waals surface area (Å²) in [6, 6.07) is 0.268. The third-order valence-electron chi connectivity index (χ3n) is 1.99. The lowest BCUT2D eigenvalue weighted by atomic mass is 10.0. The lowest BCUT2D eigenvalue weighted by Gasteiger charge is -2.17. The summed E-state index contributed by atoms with van der Waals surface area (Å²) in [5.74, 6) is 0.643. The molecule has 0 amide bonds. The first-order valence-corrected chi connectivity index (χ1v) is 5.15. The molecule has 0 aromatic heterocycles. The van der Waals surface area contributed by atoms with Gasteiger partial charge in [0.05, 0.1) is 6.61 Å². The molecule has 13 heavy (non-hydrogen) atoms. The van der Waals surface area contributed by atoms with Gasteiger partial charge in [-0.1, -0.05) is 19.9 Å². The van der Waals surface area contributed by atoms with Crippen LogP contribution in [0.4, 0.5) is 0 Å². The van der Waals surface area contributed by atoms with Gasteiger partial charge in [0.2, 0.25) is 0 Å². The van der Waals surface area contributed by atoms with Gasteiger partial charge in [-0.2, -0.15) is 0 Å². The smallest absolute Gasteiger partial charge is 0.0584 e. The molecule has 1 atom stereocenters. The highest BCUT2D eigenvalue weighted by Gasteiger charge is 2.07. The molecule has 0 aromatic rings. The normalized spacial score (nSPS) is 13.2. The molecule has 0 fully saturated rings. The monoisotopic (exact) mass is 185 g/mol. The van der Waals surface area contributed by atoms with Crippen LogP contribution >= 0.6 is 0 Å². The highest BCUT2D eigenvalue weighted by atomic mass is 16.3. The standard InChI is InChI=1S/C11H23NO/c1-4-5-6-7-12-11(9-13)8-10(2)3/h4,10-13H,1,5-9H2,2-3H3. The molecule has 2 N–H and O–H groups in total. The fourth-order valence-corrected chi connectivity index (χ4v) is 1.34. The second kappa shape index (κ2) is 8.27. The van der Waals surface area contributed by atoms with Crippen LogP contribution in [0.2, 0.25) is 0 Å². The average Bonchev–Trinajstić information content (AvgIpc) is 2.09. The Balaban J connectivity index is 3.41. The van der Waals surface area contributed by atoms with Crippen molar-refractivity contribution in [3.8, 4) is 0 Å². The molecule has 78 valence electrons. The van der Waals surface area contributed by atoms with Crippen LogP contribution in [0.1, 0.15) is 33.1 Å². The van der Waals surface area contributed by atoms with Gasteiger partial charge in [0.15, 0.2) is 0 Å². The van der Waals surface area contributed by atoms with E-state index >= 15 is 0 Å². The summed E-state index contributed by atoms with van der Waals surface area (Å²) in [7, 11) is 0. The van der Waals surface area contributed by atoms with E-state index in [4.69, 9.17) is 5.11 Å². The molecule has 2 heteroatoms. The molecule has 0 aliphatic rings. The average molecular weight is 185 g/mol. The van der Waals surface area contributed by atoms with Gasteiger partial charge in [-0.3, -0.25) is 0 Å². The number of allylic oxidation sites excluding steroid dienone is 1. The van der Waals surface area contributed by atoms with Crippen LogP contribution in [-0.4, -0.2) is 24.3 Å². The molecule has 0 radical (unpaired) electrons. The van der Waals surface area contributed by atoms with Crippen LogP contribution in [0.5, 0.6) is 0 Å². The summed E-state index contributed by atoms with van der Waals surface area (Å²) >= 11 is 0. The number of hydrogen-bond donors (Lipinski definition) is 2. The zero-order valence-corrected chi connectivity index (χ0v) is 8.92. The number of hydrogen-bond acceptors (Lipinski definition) is 2. The second-order valence-electron chi connectivity index (χ2n) is 3.89. The van der Waals surface area contributed by atoms with Crippen molar-refractivity contribution in [3.05, 3.63) is 12.7 Å². The summed E-state index contributed by atoms with van der Waals surface area (Å²) < 4.78 is 0. The predicted molar refractivity (Wildman–Crippen MR) is 57.8 cm³/mol. The van der Waals surface area contributed by atoms with E-state index in [9.17, 15) is 0 Å². The van der Waals surface area contributed by atoms with Crippen molar-refractivity contribution in [3.63, 3.8) is 0 Å². The van der Waals surface area contributed by atoms with E-state index < -0.39 is 0 Å². The maximum atomic E-state index is 9.05. The number of unbranched alkanes of at least 4 members (excludes halogenated alkanes) is 1. The van der Waals surface area contributed by atoms with Gasteiger partial charge in [0.1, 0.15) is 0 Å². The molecule has 2 nitrogen and oxygen atoms in total. The minimum absolute atomic E-state index is 0.242.